The lowest BCUT2D eigenvalue weighted by molar-refractivity contribution is -0.141. The normalized spacial score (nSPS) is 20.0. The summed E-state index contributed by atoms with van der Waals surface area (Å²) < 4.78 is 10.6. The van der Waals surface area contributed by atoms with Crippen LogP contribution in [0.15, 0.2) is 18.3 Å². The zero-order chi connectivity index (χ0) is 16.5. The number of fused-ring (bicyclic) bond motifs is 1. The number of ether oxygens (including phenoxy) is 2. The van der Waals surface area contributed by atoms with Crippen molar-refractivity contribution >= 4 is 5.91 Å². The summed E-state index contributed by atoms with van der Waals surface area (Å²) in [6.45, 7) is 1.94. The SMILES string of the molecule is COc1ccc(-c2nc3c([nH]2)CN(C(=O)[C@H]2CCCO2)CC3)cn1. The monoisotopic (exact) mass is 328 g/mol. The first-order valence-corrected chi connectivity index (χ1v) is 8.23. The van der Waals surface area contributed by atoms with Gasteiger partial charge in [-0.2, -0.15) is 0 Å². The molecule has 1 fully saturated rings. The van der Waals surface area contributed by atoms with Gasteiger partial charge in [-0.15, -0.1) is 0 Å². The highest BCUT2D eigenvalue weighted by Crippen LogP contribution is 2.25. The molecule has 0 spiro atoms. The maximum Gasteiger partial charge on any atom is 0.252 e. The summed E-state index contributed by atoms with van der Waals surface area (Å²) in [7, 11) is 1.59. The fourth-order valence-electron chi connectivity index (χ4n) is 3.24. The molecule has 0 saturated carbocycles. The number of H-pyrrole nitrogens is 1. The third-order valence-electron chi connectivity index (χ3n) is 4.57. The van der Waals surface area contributed by atoms with E-state index in [1.165, 1.54) is 0 Å². The van der Waals surface area contributed by atoms with E-state index in [1.807, 2.05) is 17.0 Å². The van der Waals surface area contributed by atoms with Crippen LogP contribution in [0.4, 0.5) is 0 Å². The molecule has 2 aliphatic rings. The van der Waals surface area contributed by atoms with Gasteiger partial charge < -0.3 is 19.4 Å². The molecule has 4 heterocycles. The Bertz CT molecular complexity index is 735. The number of hydrogen-bond donors (Lipinski definition) is 1. The highest BCUT2D eigenvalue weighted by atomic mass is 16.5. The molecule has 1 atom stereocenters. The van der Waals surface area contributed by atoms with Gasteiger partial charge in [0.15, 0.2) is 0 Å². The number of hydrogen-bond acceptors (Lipinski definition) is 5. The molecule has 0 aliphatic carbocycles. The summed E-state index contributed by atoms with van der Waals surface area (Å²) in [5, 5.41) is 0. The Morgan fingerprint density at radius 1 is 1.46 bits per heavy atom. The van der Waals surface area contributed by atoms with Gasteiger partial charge in [0.2, 0.25) is 5.88 Å². The molecule has 1 saturated heterocycles. The number of aromatic amines is 1. The van der Waals surface area contributed by atoms with Crippen molar-refractivity contribution < 1.29 is 14.3 Å². The maximum atomic E-state index is 12.5. The van der Waals surface area contributed by atoms with Gasteiger partial charge in [0.05, 0.1) is 25.0 Å². The second-order valence-corrected chi connectivity index (χ2v) is 6.11. The van der Waals surface area contributed by atoms with Gasteiger partial charge in [-0.05, 0) is 18.9 Å². The van der Waals surface area contributed by atoms with Gasteiger partial charge in [-0.3, -0.25) is 4.79 Å². The van der Waals surface area contributed by atoms with Crippen LogP contribution in [0, 0.1) is 0 Å². The van der Waals surface area contributed by atoms with Crippen molar-refractivity contribution in [1.82, 2.24) is 19.9 Å². The summed E-state index contributed by atoms with van der Waals surface area (Å²) in [5.74, 6) is 1.45. The Hall–Kier alpha value is -2.41. The van der Waals surface area contributed by atoms with Crippen LogP contribution in [0.25, 0.3) is 11.4 Å². The zero-order valence-electron chi connectivity index (χ0n) is 13.6. The van der Waals surface area contributed by atoms with Crippen LogP contribution < -0.4 is 4.74 Å². The fraction of sp³-hybridized carbons (Fsp3) is 0.471. The predicted molar refractivity (Wildman–Crippen MR) is 86.5 cm³/mol. The molecular formula is C17H20N4O3. The molecule has 0 radical (unpaired) electrons. The van der Waals surface area contributed by atoms with Crippen molar-refractivity contribution in [2.45, 2.75) is 31.9 Å². The number of imidazole rings is 1. The number of methoxy groups -OCH3 is 1. The molecule has 2 aromatic rings. The Labute approximate surface area is 140 Å². The first kappa shape index (κ1) is 15.1. The quantitative estimate of drug-likeness (QED) is 0.924. The van der Waals surface area contributed by atoms with Crippen molar-refractivity contribution in [3.63, 3.8) is 0 Å². The third kappa shape index (κ3) is 2.75. The van der Waals surface area contributed by atoms with Crippen LogP contribution in [-0.2, 0) is 22.5 Å². The number of pyridine rings is 1. The van der Waals surface area contributed by atoms with E-state index in [1.54, 1.807) is 13.3 Å². The Kier molecular flexibility index (Phi) is 3.93. The number of nitrogens with one attached hydrogen (secondary N) is 1. The molecule has 2 aliphatic heterocycles. The molecule has 1 N–H and O–H groups in total. The predicted octanol–water partition coefficient (Wildman–Crippen LogP) is 1.54. The van der Waals surface area contributed by atoms with Crippen LogP contribution in [-0.4, -0.2) is 52.1 Å². The molecular weight excluding hydrogens is 308 g/mol. The van der Waals surface area contributed by atoms with Crippen LogP contribution in [0.2, 0.25) is 0 Å². The van der Waals surface area contributed by atoms with Crippen molar-refractivity contribution in [2.24, 2.45) is 0 Å². The summed E-state index contributed by atoms with van der Waals surface area (Å²) >= 11 is 0. The molecule has 7 nitrogen and oxygen atoms in total. The van der Waals surface area contributed by atoms with Crippen molar-refractivity contribution in [1.29, 1.82) is 0 Å². The lowest BCUT2D eigenvalue weighted by atomic mass is 10.1. The minimum Gasteiger partial charge on any atom is -0.481 e. The number of aromatic nitrogens is 3. The van der Waals surface area contributed by atoms with Crippen molar-refractivity contribution in [2.75, 3.05) is 20.3 Å². The molecule has 1 amide bonds. The summed E-state index contributed by atoms with van der Waals surface area (Å²) in [4.78, 5) is 26.6. The zero-order valence-corrected chi connectivity index (χ0v) is 13.6. The first-order chi connectivity index (χ1) is 11.7. The lowest BCUT2D eigenvalue weighted by Gasteiger charge is -2.28. The second kappa shape index (κ2) is 6.24. The summed E-state index contributed by atoms with van der Waals surface area (Å²) in [5.41, 5.74) is 2.93. The van der Waals surface area contributed by atoms with E-state index < -0.39 is 0 Å². The molecule has 0 bridgehead atoms. The molecule has 4 rings (SSSR count). The highest BCUT2D eigenvalue weighted by molar-refractivity contribution is 5.81. The first-order valence-electron chi connectivity index (χ1n) is 8.23. The van der Waals surface area contributed by atoms with E-state index in [-0.39, 0.29) is 12.0 Å². The Morgan fingerprint density at radius 3 is 3.08 bits per heavy atom. The largest absolute Gasteiger partial charge is 0.481 e. The average molecular weight is 328 g/mol. The fourth-order valence-corrected chi connectivity index (χ4v) is 3.24. The van der Waals surface area contributed by atoms with E-state index in [4.69, 9.17) is 9.47 Å². The van der Waals surface area contributed by atoms with Crippen molar-refractivity contribution in [3.05, 3.63) is 29.7 Å². The Morgan fingerprint density at radius 2 is 2.38 bits per heavy atom. The average Bonchev–Trinajstić information content (AvgIpc) is 3.30. The van der Waals surface area contributed by atoms with Crippen LogP contribution >= 0.6 is 0 Å². The van der Waals surface area contributed by atoms with Gasteiger partial charge in [0, 0.05) is 37.4 Å². The van der Waals surface area contributed by atoms with Gasteiger partial charge in [-0.25, -0.2) is 9.97 Å². The van der Waals surface area contributed by atoms with Gasteiger partial charge in [0.1, 0.15) is 11.9 Å². The van der Waals surface area contributed by atoms with Crippen LogP contribution in [0.5, 0.6) is 5.88 Å². The number of nitrogens with zero attached hydrogens (tertiary/aromatic N) is 3. The molecule has 0 unspecified atom stereocenters. The molecule has 2 aromatic heterocycles. The second-order valence-electron chi connectivity index (χ2n) is 6.11. The minimum atomic E-state index is -0.264. The van der Waals surface area contributed by atoms with Gasteiger partial charge >= 0.3 is 0 Å². The van der Waals surface area contributed by atoms with Gasteiger partial charge in [0.25, 0.3) is 5.91 Å². The lowest BCUT2D eigenvalue weighted by Crippen LogP contribution is -2.41. The number of carbonyl (C=O) groups excluding carboxylic acids is 1. The minimum absolute atomic E-state index is 0.0976. The van der Waals surface area contributed by atoms with Crippen molar-refractivity contribution in [3.8, 4) is 17.3 Å². The number of amides is 1. The van der Waals surface area contributed by atoms with E-state index in [2.05, 4.69) is 15.0 Å². The van der Waals surface area contributed by atoms with Gasteiger partial charge in [-0.1, -0.05) is 0 Å². The molecule has 7 heteroatoms. The smallest absolute Gasteiger partial charge is 0.252 e. The number of carbonyl (C=O) groups is 1. The highest BCUT2D eigenvalue weighted by Gasteiger charge is 2.31. The Balaban J connectivity index is 1.51. The third-order valence-corrected chi connectivity index (χ3v) is 4.57. The number of rotatable bonds is 3. The van der Waals surface area contributed by atoms with E-state index in [0.29, 0.717) is 25.6 Å². The van der Waals surface area contributed by atoms with E-state index in [9.17, 15) is 4.79 Å². The van der Waals surface area contributed by atoms with Crippen LogP contribution in [0.3, 0.4) is 0 Å². The summed E-state index contributed by atoms with van der Waals surface area (Å²) in [6, 6.07) is 3.73. The maximum absolute atomic E-state index is 12.5. The van der Waals surface area contributed by atoms with Crippen LogP contribution in [0.1, 0.15) is 24.2 Å². The molecule has 24 heavy (non-hydrogen) atoms. The topological polar surface area (TPSA) is 80.3 Å². The van der Waals surface area contributed by atoms with E-state index in [0.717, 1.165) is 42.0 Å². The molecule has 0 aromatic carbocycles. The van der Waals surface area contributed by atoms with E-state index >= 15 is 0 Å². The molecule has 126 valence electrons. The standard InChI is InChI=1S/C17H20N4O3/c1-23-15-5-4-11(9-18-15)16-19-12-6-7-21(10-13(12)20-16)17(22)14-3-2-8-24-14/h4-5,9,14H,2-3,6-8,10H2,1H3,(H,19,20)/t14-/m1/s1. The summed E-state index contributed by atoms with van der Waals surface area (Å²) in [6.07, 6.45) is 4.02.